The Labute approximate surface area is 114 Å². The van der Waals surface area contributed by atoms with Crippen LogP contribution in [-0.4, -0.2) is 23.2 Å². The molecule has 1 aliphatic rings. The minimum atomic E-state index is 0.0664. The fourth-order valence-corrected chi connectivity index (χ4v) is 2.67. The number of hydrogen-bond donors (Lipinski definition) is 1. The molecule has 3 nitrogen and oxygen atoms in total. The van der Waals surface area contributed by atoms with Crippen LogP contribution in [0.2, 0.25) is 0 Å². The molecule has 1 aromatic heterocycles. The Morgan fingerprint density at radius 2 is 2.21 bits per heavy atom. The molecule has 1 saturated heterocycles. The summed E-state index contributed by atoms with van der Waals surface area (Å²) in [5.74, 6) is 0. The van der Waals surface area contributed by atoms with Crippen LogP contribution in [0.4, 0.5) is 0 Å². The molecule has 3 rings (SSSR count). The lowest BCUT2D eigenvalue weighted by molar-refractivity contribution is 0.0882. The third kappa shape index (κ3) is 2.36. The summed E-state index contributed by atoms with van der Waals surface area (Å²) in [4.78, 5) is 4.50. The van der Waals surface area contributed by atoms with E-state index in [-0.39, 0.29) is 11.6 Å². The van der Waals surface area contributed by atoms with E-state index in [4.69, 9.17) is 4.74 Å². The van der Waals surface area contributed by atoms with Crippen molar-refractivity contribution in [2.75, 3.05) is 6.61 Å². The van der Waals surface area contributed by atoms with Crippen LogP contribution in [0.15, 0.2) is 36.5 Å². The lowest BCUT2D eigenvalue weighted by Crippen LogP contribution is -2.47. The Hall–Kier alpha value is -1.45. The maximum absolute atomic E-state index is 5.67. The molecule has 0 saturated carbocycles. The highest BCUT2D eigenvalue weighted by Gasteiger charge is 2.36. The summed E-state index contributed by atoms with van der Waals surface area (Å²) in [7, 11) is 0. The smallest absolute Gasteiger partial charge is 0.0746 e. The SMILES string of the molecule is CC1OCCC1(C)NCc1cccc2cccnc12. The predicted octanol–water partition coefficient (Wildman–Crippen LogP) is 2.89. The van der Waals surface area contributed by atoms with Crippen LogP contribution in [0.25, 0.3) is 10.9 Å². The van der Waals surface area contributed by atoms with Gasteiger partial charge in [-0.05, 0) is 31.9 Å². The summed E-state index contributed by atoms with van der Waals surface area (Å²) in [6.07, 6.45) is 3.18. The topological polar surface area (TPSA) is 34.1 Å². The van der Waals surface area contributed by atoms with Crippen LogP contribution < -0.4 is 5.32 Å². The molecule has 2 aromatic rings. The number of ether oxygens (including phenoxy) is 1. The number of nitrogens with zero attached hydrogens (tertiary/aromatic N) is 1. The van der Waals surface area contributed by atoms with Crippen LogP contribution in [-0.2, 0) is 11.3 Å². The molecule has 3 heteroatoms. The number of fused-ring (bicyclic) bond motifs is 1. The highest BCUT2D eigenvalue weighted by molar-refractivity contribution is 5.81. The lowest BCUT2D eigenvalue weighted by Gasteiger charge is -2.29. The Morgan fingerprint density at radius 1 is 1.37 bits per heavy atom. The molecule has 2 atom stereocenters. The Morgan fingerprint density at radius 3 is 3.00 bits per heavy atom. The van der Waals surface area contributed by atoms with Gasteiger partial charge in [-0.25, -0.2) is 0 Å². The van der Waals surface area contributed by atoms with Crippen molar-refractivity contribution >= 4 is 10.9 Å². The van der Waals surface area contributed by atoms with Gasteiger partial charge >= 0.3 is 0 Å². The average molecular weight is 256 g/mol. The first-order chi connectivity index (χ1) is 9.19. The van der Waals surface area contributed by atoms with E-state index in [1.54, 1.807) is 0 Å². The van der Waals surface area contributed by atoms with Crippen molar-refractivity contribution < 1.29 is 4.74 Å². The zero-order chi connectivity index (χ0) is 13.3. The average Bonchev–Trinajstić information content (AvgIpc) is 2.77. The van der Waals surface area contributed by atoms with Crippen LogP contribution in [0, 0.1) is 0 Å². The largest absolute Gasteiger partial charge is 0.377 e. The number of benzene rings is 1. The van der Waals surface area contributed by atoms with Crippen molar-refractivity contribution in [2.45, 2.75) is 38.5 Å². The minimum absolute atomic E-state index is 0.0664. The summed E-state index contributed by atoms with van der Waals surface area (Å²) in [5, 5.41) is 4.85. The van der Waals surface area contributed by atoms with E-state index in [0.717, 1.165) is 25.1 Å². The molecule has 2 heterocycles. The van der Waals surface area contributed by atoms with Gasteiger partial charge in [-0.1, -0.05) is 24.3 Å². The van der Waals surface area contributed by atoms with E-state index in [0.29, 0.717) is 0 Å². The monoisotopic (exact) mass is 256 g/mol. The first-order valence-electron chi connectivity index (χ1n) is 6.88. The summed E-state index contributed by atoms with van der Waals surface area (Å²) < 4.78 is 5.67. The van der Waals surface area contributed by atoms with E-state index in [1.807, 2.05) is 12.3 Å². The molecule has 0 spiro atoms. The maximum Gasteiger partial charge on any atom is 0.0746 e. The number of rotatable bonds is 3. The van der Waals surface area contributed by atoms with Gasteiger partial charge in [0.2, 0.25) is 0 Å². The zero-order valence-corrected chi connectivity index (χ0v) is 11.5. The Bertz CT molecular complexity index is 578. The fourth-order valence-electron chi connectivity index (χ4n) is 2.67. The molecule has 0 radical (unpaired) electrons. The molecular formula is C16H20N2O. The van der Waals surface area contributed by atoms with E-state index < -0.39 is 0 Å². The Balaban J connectivity index is 1.82. The standard InChI is InChI=1S/C16H20N2O/c1-12-16(2,8-10-19-12)18-11-14-6-3-5-13-7-4-9-17-15(13)14/h3-7,9,12,18H,8,10-11H2,1-2H3. The van der Waals surface area contributed by atoms with Crippen molar-refractivity contribution in [3.8, 4) is 0 Å². The number of aromatic nitrogens is 1. The van der Waals surface area contributed by atoms with Gasteiger partial charge in [0.1, 0.15) is 0 Å². The quantitative estimate of drug-likeness (QED) is 0.917. The van der Waals surface area contributed by atoms with E-state index in [1.165, 1.54) is 10.9 Å². The highest BCUT2D eigenvalue weighted by atomic mass is 16.5. The van der Waals surface area contributed by atoms with Gasteiger partial charge in [0.15, 0.2) is 0 Å². The summed E-state index contributed by atoms with van der Waals surface area (Å²) in [6.45, 7) is 6.06. The summed E-state index contributed by atoms with van der Waals surface area (Å²) >= 11 is 0. The van der Waals surface area contributed by atoms with Crippen molar-refractivity contribution in [1.82, 2.24) is 10.3 Å². The van der Waals surface area contributed by atoms with Crippen LogP contribution >= 0.6 is 0 Å². The molecule has 1 aliphatic heterocycles. The van der Waals surface area contributed by atoms with Gasteiger partial charge in [0, 0.05) is 30.3 Å². The van der Waals surface area contributed by atoms with E-state index in [9.17, 15) is 0 Å². The van der Waals surface area contributed by atoms with Crippen molar-refractivity contribution in [3.63, 3.8) is 0 Å². The van der Waals surface area contributed by atoms with Crippen LogP contribution in [0.3, 0.4) is 0 Å². The Kier molecular flexibility index (Phi) is 3.25. The van der Waals surface area contributed by atoms with E-state index >= 15 is 0 Å². The molecule has 100 valence electrons. The van der Waals surface area contributed by atoms with Gasteiger partial charge in [-0.3, -0.25) is 4.98 Å². The van der Waals surface area contributed by atoms with Gasteiger partial charge < -0.3 is 10.1 Å². The van der Waals surface area contributed by atoms with Crippen LogP contribution in [0.1, 0.15) is 25.8 Å². The molecular weight excluding hydrogens is 236 g/mol. The van der Waals surface area contributed by atoms with Crippen molar-refractivity contribution in [3.05, 3.63) is 42.1 Å². The second kappa shape index (κ2) is 4.91. The molecule has 0 amide bonds. The maximum atomic E-state index is 5.67. The van der Waals surface area contributed by atoms with Gasteiger partial charge in [0.25, 0.3) is 0 Å². The minimum Gasteiger partial charge on any atom is -0.377 e. The number of nitrogens with one attached hydrogen (secondary N) is 1. The number of pyridine rings is 1. The number of hydrogen-bond acceptors (Lipinski definition) is 3. The van der Waals surface area contributed by atoms with Gasteiger partial charge in [-0.2, -0.15) is 0 Å². The van der Waals surface area contributed by atoms with Gasteiger partial charge in [-0.15, -0.1) is 0 Å². The fraction of sp³-hybridized carbons (Fsp3) is 0.438. The molecule has 0 aliphatic carbocycles. The van der Waals surface area contributed by atoms with E-state index in [2.05, 4.69) is 48.4 Å². The second-order valence-corrected chi connectivity index (χ2v) is 5.53. The van der Waals surface area contributed by atoms with Gasteiger partial charge in [0.05, 0.1) is 11.6 Å². The number of para-hydroxylation sites is 1. The molecule has 2 unspecified atom stereocenters. The van der Waals surface area contributed by atoms with Crippen LogP contribution in [0.5, 0.6) is 0 Å². The first-order valence-corrected chi connectivity index (χ1v) is 6.88. The molecule has 1 fully saturated rings. The third-order valence-corrected chi connectivity index (χ3v) is 4.29. The highest BCUT2D eigenvalue weighted by Crippen LogP contribution is 2.26. The molecule has 1 aromatic carbocycles. The molecule has 1 N–H and O–H groups in total. The second-order valence-electron chi connectivity index (χ2n) is 5.53. The van der Waals surface area contributed by atoms with Crippen molar-refractivity contribution in [2.24, 2.45) is 0 Å². The summed E-state index contributed by atoms with van der Waals surface area (Å²) in [5.41, 5.74) is 2.41. The molecule has 19 heavy (non-hydrogen) atoms. The zero-order valence-electron chi connectivity index (χ0n) is 11.5. The first kappa shape index (κ1) is 12.6. The molecule has 0 bridgehead atoms. The summed E-state index contributed by atoms with van der Waals surface area (Å²) in [6, 6.07) is 10.4. The van der Waals surface area contributed by atoms with Crippen molar-refractivity contribution in [1.29, 1.82) is 0 Å². The lowest BCUT2D eigenvalue weighted by atomic mass is 9.94. The predicted molar refractivity (Wildman–Crippen MR) is 77.0 cm³/mol. The third-order valence-electron chi connectivity index (χ3n) is 4.29. The normalized spacial score (nSPS) is 26.9.